The van der Waals surface area contributed by atoms with E-state index >= 15 is 0 Å². The lowest BCUT2D eigenvalue weighted by molar-refractivity contribution is -0.188. The zero-order chi connectivity index (χ0) is 29.1. The quantitative estimate of drug-likeness (QED) is 0.493. The molecule has 2 N–H and O–H groups in total. The summed E-state index contributed by atoms with van der Waals surface area (Å²) in [5.74, 6) is 1.36. The molecule has 0 unspecified atom stereocenters. The first kappa shape index (κ1) is 27.2. The molecule has 3 aliphatic carbocycles. The minimum absolute atomic E-state index is 0.00210. The number of nitrogens with zero attached hydrogens (tertiary/aromatic N) is 2. The molecule has 2 aliphatic heterocycles. The molecule has 4 atom stereocenters. The topological polar surface area (TPSA) is 118 Å². The van der Waals surface area contributed by atoms with Gasteiger partial charge in [0.15, 0.2) is 23.4 Å². The number of likely N-dealkylation sites (tertiary alicyclic amines) is 1. The summed E-state index contributed by atoms with van der Waals surface area (Å²) in [6.07, 6.45) is 2.53. The van der Waals surface area contributed by atoms with Crippen LogP contribution in [0.3, 0.4) is 0 Å². The predicted octanol–water partition coefficient (Wildman–Crippen LogP) is 3.18. The molecule has 7 rings (SSSR count). The third-order valence-electron chi connectivity index (χ3n) is 9.98. The predicted molar refractivity (Wildman–Crippen MR) is 151 cm³/mol. The average molecular weight is 576 g/mol. The fourth-order valence-corrected chi connectivity index (χ4v) is 7.70. The Morgan fingerprint density at radius 1 is 1.17 bits per heavy atom. The molecule has 2 aromatic rings. The van der Waals surface area contributed by atoms with E-state index < -0.39 is 29.3 Å². The lowest BCUT2D eigenvalue weighted by Gasteiger charge is -2.62. The summed E-state index contributed by atoms with van der Waals surface area (Å²) in [7, 11) is 1.58. The molecule has 10 nitrogen and oxygen atoms in total. The van der Waals surface area contributed by atoms with Crippen LogP contribution in [0.2, 0.25) is 0 Å². The first-order valence-electron chi connectivity index (χ1n) is 15.0. The molecule has 0 aromatic heterocycles. The van der Waals surface area contributed by atoms with E-state index in [9.17, 15) is 19.5 Å². The second-order valence-corrected chi connectivity index (χ2v) is 12.5. The number of piperidine rings is 1. The third-order valence-corrected chi connectivity index (χ3v) is 9.98. The fourth-order valence-electron chi connectivity index (χ4n) is 7.70. The zero-order valence-corrected chi connectivity index (χ0v) is 23.8. The Kier molecular flexibility index (Phi) is 6.66. The van der Waals surface area contributed by atoms with Gasteiger partial charge >= 0.3 is 12.2 Å². The van der Waals surface area contributed by atoms with Crippen LogP contribution in [0, 0.1) is 5.92 Å². The number of carbonyl (C=O) groups excluding carboxylic acids is 3. The van der Waals surface area contributed by atoms with Crippen LogP contribution in [0.15, 0.2) is 42.5 Å². The Morgan fingerprint density at radius 2 is 1.98 bits per heavy atom. The van der Waals surface area contributed by atoms with Crippen LogP contribution in [0.25, 0.3) is 0 Å². The number of carbonyl (C=O) groups is 3. The summed E-state index contributed by atoms with van der Waals surface area (Å²) < 4.78 is 17.4. The van der Waals surface area contributed by atoms with Crippen molar-refractivity contribution in [1.29, 1.82) is 0 Å². The Bertz CT molecular complexity index is 1410. The molecule has 2 amide bonds. The van der Waals surface area contributed by atoms with E-state index in [-0.39, 0.29) is 43.7 Å². The maximum Gasteiger partial charge on any atom is 0.415 e. The number of benzene rings is 2. The van der Waals surface area contributed by atoms with Crippen molar-refractivity contribution in [2.75, 3.05) is 33.2 Å². The molecule has 2 heterocycles. The van der Waals surface area contributed by atoms with Crippen LogP contribution in [0.5, 0.6) is 11.5 Å². The number of alkyl carbamates (subject to hydrolysis) is 1. The van der Waals surface area contributed by atoms with Crippen LogP contribution in [0.4, 0.5) is 9.59 Å². The molecule has 42 heavy (non-hydrogen) atoms. The maximum atomic E-state index is 13.3. The van der Waals surface area contributed by atoms with E-state index in [1.807, 2.05) is 36.4 Å². The van der Waals surface area contributed by atoms with Gasteiger partial charge in [0, 0.05) is 44.7 Å². The fraction of sp³-hybridized carbons (Fsp3) is 0.531. The van der Waals surface area contributed by atoms with Crippen molar-refractivity contribution in [1.82, 2.24) is 15.1 Å². The minimum atomic E-state index is -1.07. The molecule has 0 radical (unpaired) electrons. The highest BCUT2D eigenvalue weighted by molar-refractivity contribution is 5.90. The number of hydrogen-bond acceptors (Lipinski definition) is 8. The van der Waals surface area contributed by atoms with Gasteiger partial charge in [-0.2, -0.15) is 0 Å². The molecule has 1 spiro atoms. The molecule has 2 saturated carbocycles. The Labute approximate surface area is 244 Å². The van der Waals surface area contributed by atoms with Crippen LogP contribution >= 0.6 is 0 Å². The first-order valence-corrected chi connectivity index (χ1v) is 15.0. The van der Waals surface area contributed by atoms with Gasteiger partial charge in [0.25, 0.3) is 0 Å². The van der Waals surface area contributed by atoms with Crippen molar-refractivity contribution in [3.63, 3.8) is 0 Å². The van der Waals surface area contributed by atoms with Gasteiger partial charge in [0.05, 0.1) is 11.0 Å². The van der Waals surface area contributed by atoms with Crippen molar-refractivity contribution in [2.24, 2.45) is 5.92 Å². The van der Waals surface area contributed by atoms with Gasteiger partial charge < -0.3 is 29.5 Å². The molecule has 2 bridgehead atoms. The smallest absolute Gasteiger partial charge is 0.415 e. The van der Waals surface area contributed by atoms with E-state index in [4.69, 9.17) is 14.2 Å². The largest absolute Gasteiger partial charge is 0.477 e. The maximum absolute atomic E-state index is 13.3. The van der Waals surface area contributed by atoms with Crippen molar-refractivity contribution < 1.29 is 33.7 Å². The van der Waals surface area contributed by atoms with Gasteiger partial charge in [-0.25, -0.2) is 9.59 Å². The van der Waals surface area contributed by atoms with E-state index in [1.165, 1.54) is 17.7 Å². The Balaban J connectivity index is 1.04. The van der Waals surface area contributed by atoms with Crippen LogP contribution in [-0.2, 0) is 28.0 Å². The summed E-state index contributed by atoms with van der Waals surface area (Å²) in [6.45, 7) is 2.34. The van der Waals surface area contributed by atoms with Gasteiger partial charge in [-0.05, 0) is 61.8 Å². The van der Waals surface area contributed by atoms with E-state index in [0.717, 1.165) is 29.8 Å². The molecular weight excluding hydrogens is 538 g/mol. The Morgan fingerprint density at radius 3 is 2.76 bits per heavy atom. The molecule has 10 heteroatoms. The first-order chi connectivity index (χ1) is 20.3. The summed E-state index contributed by atoms with van der Waals surface area (Å²) in [5.41, 5.74) is 0.892. The molecule has 5 aliphatic rings. The Hall–Kier alpha value is -3.63. The van der Waals surface area contributed by atoms with Crippen LogP contribution < -0.4 is 14.8 Å². The highest BCUT2D eigenvalue weighted by atomic mass is 16.6. The summed E-state index contributed by atoms with van der Waals surface area (Å²) >= 11 is 0. The average Bonchev–Trinajstić information content (AvgIpc) is 3.73. The number of nitrogens with one attached hydrogen (secondary N) is 1. The van der Waals surface area contributed by atoms with E-state index in [2.05, 4.69) is 10.2 Å². The van der Waals surface area contributed by atoms with Crippen LogP contribution in [0.1, 0.15) is 48.8 Å². The highest BCUT2D eigenvalue weighted by Crippen LogP contribution is 2.65. The number of hydrogen-bond donors (Lipinski definition) is 2. The van der Waals surface area contributed by atoms with Crippen molar-refractivity contribution in [3.05, 3.63) is 59.2 Å². The van der Waals surface area contributed by atoms with E-state index in [0.29, 0.717) is 30.9 Å². The van der Waals surface area contributed by atoms with Crippen LogP contribution in [-0.4, -0.2) is 83.8 Å². The monoisotopic (exact) mass is 575 g/mol. The van der Waals surface area contributed by atoms with E-state index in [1.54, 1.807) is 13.1 Å². The number of rotatable bonds is 8. The van der Waals surface area contributed by atoms with Crippen molar-refractivity contribution >= 4 is 18.0 Å². The number of Topliss-reactive ketones (excluding diaryl/α,β-unsaturated/α-hetero) is 1. The molecule has 3 fully saturated rings. The number of amides is 2. The second kappa shape index (κ2) is 10.3. The molecule has 222 valence electrons. The van der Waals surface area contributed by atoms with Crippen molar-refractivity contribution in [2.45, 2.75) is 68.3 Å². The lowest BCUT2D eigenvalue weighted by Crippen LogP contribution is -2.76. The standard InChI is InChI=1S/C32H37N3O7/c1-34(16-14-33-29(37)40-19-21-5-3-2-4-6-21)30(38)41-24-10-9-22-17-25-32(39)12-11-23(36)28-31(32,26(22)27(24)42-28)13-15-35(25)18-20-7-8-20/h2-6,9-10,20,25,28,39H,7-8,11-19H2,1H3,(H,33,37)/t25-,28+,31+,32-/m1/s1. The number of ether oxygens (including phenoxy) is 3. The van der Waals surface area contributed by atoms with Crippen molar-refractivity contribution in [3.8, 4) is 11.5 Å². The molecular formula is C32H37N3O7. The number of ketones is 1. The van der Waals surface area contributed by atoms with Gasteiger partial charge in [0.1, 0.15) is 6.61 Å². The summed E-state index contributed by atoms with van der Waals surface area (Å²) in [5, 5.41) is 15.0. The normalized spacial score (nSPS) is 28.9. The molecule has 1 saturated heterocycles. The highest BCUT2D eigenvalue weighted by Gasteiger charge is 2.73. The number of aliphatic hydroxyl groups is 1. The van der Waals surface area contributed by atoms with Gasteiger partial charge in [-0.15, -0.1) is 0 Å². The SMILES string of the molecule is CN(CCNC(=O)OCc1ccccc1)C(=O)Oc1ccc2c3c1O[C@H]1C(=O)CC[C@@]4(O)[C@@H](C2)N(CC2CC2)CC[C@]314. The summed E-state index contributed by atoms with van der Waals surface area (Å²) in [6, 6.07) is 13.0. The zero-order valence-electron chi connectivity index (χ0n) is 23.8. The van der Waals surface area contributed by atoms with Gasteiger partial charge in [0.2, 0.25) is 0 Å². The van der Waals surface area contributed by atoms with Gasteiger partial charge in [-0.3, -0.25) is 9.69 Å². The lowest BCUT2D eigenvalue weighted by atomic mass is 9.49. The second-order valence-electron chi connectivity index (χ2n) is 12.5. The molecule has 2 aromatic carbocycles. The van der Waals surface area contributed by atoms with Gasteiger partial charge in [-0.1, -0.05) is 36.4 Å². The number of likely N-dealkylation sites (N-methyl/N-ethyl adjacent to an activating group) is 1. The summed E-state index contributed by atoms with van der Waals surface area (Å²) in [4.78, 5) is 42.2. The third kappa shape index (κ3) is 4.34. The minimum Gasteiger partial charge on any atom is -0.477 e.